The smallest absolute Gasteiger partial charge is 0.294 e. The second-order valence-electron chi connectivity index (χ2n) is 7.77. The quantitative estimate of drug-likeness (QED) is 0.201. The van der Waals surface area contributed by atoms with Gasteiger partial charge in [-0.3, -0.25) is 19.3 Å². The van der Waals surface area contributed by atoms with Gasteiger partial charge >= 0.3 is 0 Å². The number of hydrogen-bond donors (Lipinski definition) is 1. The largest absolute Gasteiger partial charge is 0.497 e. The number of halogens is 3. The Morgan fingerprint density at radius 1 is 1.05 bits per heavy atom. The number of nitrogens with zero attached hydrogens (tertiary/aromatic N) is 1. The summed E-state index contributed by atoms with van der Waals surface area (Å²) >= 11 is 11.1. The number of hydrogen-bond acceptors (Lipinski definition) is 6. The zero-order chi connectivity index (χ0) is 26.5. The van der Waals surface area contributed by atoms with E-state index in [9.17, 15) is 14.4 Å². The number of rotatable bonds is 8. The molecule has 1 aliphatic heterocycles. The van der Waals surface area contributed by atoms with Gasteiger partial charge in [0, 0.05) is 10.7 Å². The first-order valence-corrected chi connectivity index (χ1v) is 14.1. The summed E-state index contributed by atoms with van der Waals surface area (Å²) in [6.07, 6.45) is 1.65. The molecule has 37 heavy (non-hydrogen) atoms. The Kier molecular flexibility index (Phi) is 9.37. The molecule has 3 aromatic rings. The van der Waals surface area contributed by atoms with Crippen LogP contribution in [0.25, 0.3) is 6.08 Å². The van der Waals surface area contributed by atoms with Gasteiger partial charge < -0.3 is 14.8 Å². The Labute approximate surface area is 250 Å². The Balaban J connectivity index is 1.41. The molecule has 1 aliphatic rings. The van der Waals surface area contributed by atoms with Crippen LogP contribution in [0.3, 0.4) is 0 Å². The van der Waals surface area contributed by atoms with E-state index in [4.69, 9.17) is 21.1 Å². The van der Waals surface area contributed by atoms with Crippen LogP contribution in [0, 0.1) is 7.14 Å². The Morgan fingerprint density at radius 2 is 1.70 bits per heavy atom. The van der Waals surface area contributed by atoms with E-state index in [1.54, 1.807) is 37.5 Å². The zero-order valence-corrected chi connectivity index (χ0v) is 25.2. The van der Waals surface area contributed by atoms with E-state index in [2.05, 4.69) is 50.5 Å². The van der Waals surface area contributed by atoms with Crippen molar-refractivity contribution in [3.8, 4) is 11.5 Å². The number of thioether (sulfide) groups is 1. The predicted octanol–water partition coefficient (Wildman–Crippen LogP) is 6.81. The van der Waals surface area contributed by atoms with Crippen LogP contribution in [0.15, 0.2) is 65.6 Å². The minimum atomic E-state index is -0.507. The van der Waals surface area contributed by atoms with Crippen molar-refractivity contribution in [2.45, 2.75) is 6.61 Å². The van der Waals surface area contributed by atoms with Crippen LogP contribution in [0.4, 0.5) is 10.5 Å². The summed E-state index contributed by atoms with van der Waals surface area (Å²) in [6.45, 7) is 0.0145. The van der Waals surface area contributed by atoms with Gasteiger partial charge in [-0.2, -0.15) is 0 Å². The molecule has 3 amide bonds. The van der Waals surface area contributed by atoms with E-state index < -0.39 is 17.1 Å². The zero-order valence-electron chi connectivity index (χ0n) is 19.3. The monoisotopic (exact) mass is 760 g/mol. The average molecular weight is 761 g/mol. The minimum absolute atomic E-state index is 0.253. The van der Waals surface area contributed by atoms with Crippen molar-refractivity contribution in [1.82, 2.24) is 4.90 Å². The highest BCUT2D eigenvalue weighted by Gasteiger charge is 2.36. The Hall–Kier alpha value is -2.29. The summed E-state index contributed by atoms with van der Waals surface area (Å²) in [4.78, 5) is 39.0. The van der Waals surface area contributed by atoms with Gasteiger partial charge in [0.05, 0.1) is 19.2 Å². The third-order valence-corrected chi connectivity index (χ3v) is 7.93. The summed E-state index contributed by atoms with van der Waals surface area (Å²) in [5, 5.41) is 2.86. The van der Waals surface area contributed by atoms with Gasteiger partial charge in [-0.05, 0) is 123 Å². The maximum atomic E-state index is 12.9. The molecule has 11 heteroatoms. The molecule has 3 aromatic carbocycles. The highest BCUT2D eigenvalue weighted by molar-refractivity contribution is 14.1. The van der Waals surface area contributed by atoms with Crippen molar-refractivity contribution in [1.29, 1.82) is 0 Å². The SMILES string of the molecule is COc1ccc(NC(=O)CN2C(=O)S/C(=C/c3cc(I)c(OCc4ccc(Cl)cc4)c(I)c3)C2=O)cc1. The molecule has 4 rings (SSSR count). The maximum absolute atomic E-state index is 12.9. The topological polar surface area (TPSA) is 84.9 Å². The lowest BCUT2D eigenvalue weighted by atomic mass is 10.2. The van der Waals surface area contributed by atoms with E-state index >= 15 is 0 Å². The van der Waals surface area contributed by atoms with Crippen LogP contribution in [0.2, 0.25) is 5.02 Å². The number of amides is 3. The molecular formula is C26H19ClI2N2O5S. The number of nitrogens with one attached hydrogen (secondary N) is 1. The molecule has 0 unspecified atom stereocenters. The maximum Gasteiger partial charge on any atom is 0.294 e. The molecule has 0 atom stereocenters. The molecule has 7 nitrogen and oxygen atoms in total. The average Bonchev–Trinajstić information content (AvgIpc) is 3.12. The van der Waals surface area contributed by atoms with Gasteiger partial charge in [0.25, 0.3) is 11.1 Å². The van der Waals surface area contributed by atoms with E-state index in [1.165, 1.54) is 0 Å². The third-order valence-electron chi connectivity index (χ3n) is 5.16. The first-order valence-electron chi connectivity index (χ1n) is 10.8. The number of carbonyl (C=O) groups excluding carboxylic acids is 3. The first-order chi connectivity index (χ1) is 17.7. The summed E-state index contributed by atoms with van der Waals surface area (Å²) < 4.78 is 12.8. The number of benzene rings is 3. The number of methoxy groups -OCH3 is 1. The molecule has 1 saturated heterocycles. The molecule has 0 radical (unpaired) electrons. The fraction of sp³-hybridized carbons (Fsp3) is 0.115. The van der Waals surface area contributed by atoms with Gasteiger partial charge in [0.15, 0.2) is 0 Å². The lowest BCUT2D eigenvalue weighted by molar-refractivity contribution is -0.127. The van der Waals surface area contributed by atoms with Crippen LogP contribution >= 0.6 is 68.5 Å². The van der Waals surface area contributed by atoms with Crippen LogP contribution < -0.4 is 14.8 Å². The van der Waals surface area contributed by atoms with Gasteiger partial charge in [0.2, 0.25) is 5.91 Å². The molecule has 0 aromatic heterocycles. The fourth-order valence-electron chi connectivity index (χ4n) is 3.34. The summed E-state index contributed by atoms with van der Waals surface area (Å²) in [6, 6.07) is 18.0. The van der Waals surface area contributed by atoms with Crippen molar-refractivity contribution in [3.05, 3.63) is 88.9 Å². The molecule has 0 bridgehead atoms. The standard InChI is InChI=1S/C26H19ClI2N2O5S/c1-35-19-8-6-18(7-9-19)30-23(32)13-31-25(33)22(37-26(31)34)12-16-10-20(28)24(21(29)11-16)36-14-15-2-4-17(27)5-3-15/h2-12H,13-14H2,1H3,(H,30,32)/b22-12+. The summed E-state index contributed by atoms with van der Waals surface area (Å²) in [5.74, 6) is 0.407. The fourth-order valence-corrected chi connectivity index (χ4v) is 6.43. The van der Waals surface area contributed by atoms with Crippen molar-refractivity contribution < 1.29 is 23.9 Å². The second kappa shape index (κ2) is 12.5. The van der Waals surface area contributed by atoms with Gasteiger partial charge in [-0.1, -0.05) is 23.7 Å². The predicted molar refractivity (Wildman–Crippen MR) is 162 cm³/mol. The van der Waals surface area contributed by atoms with Crippen molar-refractivity contribution in [2.75, 3.05) is 19.0 Å². The van der Waals surface area contributed by atoms with E-state index in [0.717, 1.165) is 40.7 Å². The third kappa shape index (κ3) is 7.18. The van der Waals surface area contributed by atoms with Crippen LogP contribution in [-0.2, 0) is 16.2 Å². The summed E-state index contributed by atoms with van der Waals surface area (Å²) in [7, 11) is 1.55. The van der Waals surface area contributed by atoms with E-state index in [1.807, 2.05) is 36.4 Å². The molecule has 1 fully saturated rings. The number of carbonyl (C=O) groups is 3. The lowest BCUT2D eigenvalue weighted by Gasteiger charge is -2.13. The van der Waals surface area contributed by atoms with E-state index in [0.29, 0.717) is 23.1 Å². The second-order valence-corrected chi connectivity index (χ2v) is 11.5. The van der Waals surface area contributed by atoms with Crippen LogP contribution in [0.5, 0.6) is 11.5 Å². The van der Waals surface area contributed by atoms with Crippen molar-refractivity contribution in [3.63, 3.8) is 0 Å². The first kappa shape index (κ1) is 27.7. The number of anilines is 1. The molecule has 0 spiro atoms. The van der Waals surface area contributed by atoms with Gasteiger partial charge in [-0.15, -0.1) is 0 Å². The summed E-state index contributed by atoms with van der Waals surface area (Å²) in [5.41, 5.74) is 2.28. The highest BCUT2D eigenvalue weighted by atomic mass is 127. The molecule has 1 N–H and O–H groups in total. The number of imide groups is 1. The van der Waals surface area contributed by atoms with Gasteiger partial charge in [-0.25, -0.2) is 0 Å². The number of ether oxygens (including phenoxy) is 2. The Bertz CT molecular complexity index is 1360. The molecule has 1 heterocycles. The molecule has 0 saturated carbocycles. The van der Waals surface area contributed by atoms with Crippen molar-refractivity contribution >= 4 is 97.4 Å². The molecule has 190 valence electrons. The van der Waals surface area contributed by atoms with Crippen LogP contribution in [0.1, 0.15) is 11.1 Å². The minimum Gasteiger partial charge on any atom is -0.497 e. The van der Waals surface area contributed by atoms with Crippen molar-refractivity contribution in [2.24, 2.45) is 0 Å². The normalized spacial score (nSPS) is 14.3. The molecule has 0 aliphatic carbocycles. The lowest BCUT2D eigenvalue weighted by Crippen LogP contribution is -2.36. The van der Waals surface area contributed by atoms with Gasteiger partial charge in [0.1, 0.15) is 24.7 Å². The van der Waals surface area contributed by atoms with E-state index in [-0.39, 0.29) is 11.4 Å². The van der Waals surface area contributed by atoms with Crippen LogP contribution in [-0.4, -0.2) is 35.6 Å². The molecular weight excluding hydrogens is 742 g/mol. The Morgan fingerprint density at radius 3 is 2.32 bits per heavy atom. The highest BCUT2D eigenvalue weighted by Crippen LogP contribution is 2.35.